The van der Waals surface area contributed by atoms with Gasteiger partial charge in [0, 0.05) is 5.69 Å². The van der Waals surface area contributed by atoms with Gasteiger partial charge < -0.3 is 4.74 Å². The second-order valence-corrected chi connectivity index (χ2v) is 4.44. The number of carbonyl (C=O) groups excluding carboxylic acids is 1. The molecule has 0 unspecified atom stereocenters. The lowest BCUT2D eigenvalue weighted by molar-refractivity contribution is 0.0587. The summed E-state index contributed by atoms with van der Waals surface area (Å²) in [4.78, 5) is 19.7. The van der Waals surface area contributed by atoms with Crippen LogP contribution in [0.3, 0.4) is 0 Å². The molecule has 2 aromatic rings. The zero-order valence-corrected chi connectivity index (χ0v) is 10.8. The van der Waals surface area contributed by atoms with Crippen LogP contribution in [0.15, 0.2) is 12.4 Å². The number of aromatic nitrogens is 4. The van der Waals surface area contributed by atoms with Gasteiger partial charge >= 0.3 is 5.97 Å². The van der Waals surface area contributed by atoms with E-state index < -0.39 is 5.97 Å². The van der Waals surface area contributed by atoms with Crippen LogP contribution in [0, 0.1) is 11.3 Å². The number of methoxy groups -OCH3 is 1. The Labute approximate surface area is 114 Å². The van der Waals surface area contributed by atoms with Crippen LogP contribution in [0.4, 0.5) is 0 Å². The molecular formula is C13H11N5O2. The molecule has 7 nitrogen and oxygen atoms in total. The van der Waals surface area contributed by atoms with Gasteiger partial charge in [-0.15, -0.1) is 5.10 Å². The molecule has 0 spiro atoms. The molecule has 0 N–H and O–H groups in total. The maximum Gasteiger partial charge on any atom is 0.377 e. The summed E-state index contributed by atoms with van der Waals surface area (Å²) in [5, 5.41) is 13.2. The van der Waals surface area contributed by atoms with Crippen LogP contribution in [0.2, 0.25) is 0 Å². The molecule has 2 heterocycles. The summed E-state index contributed by atoms with van der Waals surface area (Å²) in [5.74, 6) is -0.280. The molecule has 1 aliphatic carbocycles. The fraction of sp³-hybridized carbons (Fsp3) is 0.308. The number of hydrogen-bond acceptors (Lipinski definition) is 6. The molecule has 7 heteroatoms. The lowest BCUT2D eigenvalue weighted by atomic mass is 10.1. The normalized spacial score (nSPS) is 12.8. The Hall–Kier alpha value is -2.75. The van der Waals surface area contributed by atoms with Gasteiger partial charge in [0.05, 0.1) is 12.7 Å². The van der Waals surface area contributed by atoms with Crippen LogP contribution < -0.4 is 0 Å². The molecule has 0 amide bonds. The van der Waals surface area contributed by atoms with Crippen LogP contribution in [-0.4, -0.2) is 32.8 Å². The minimum atomic E-state index is -0.622. The third-order valence-electron chi connectivity index (χ3n) is 3.23. The first kappa shape index (κ1) is 12.3. The van der Waals surface area contributed by atoms with E-state index in [4.69, 9.17) is 0 Å². The highest BCUT2D eigenvalue weighted by Crippen LogP contribution is 2.23. The summed E-state index contributed by atoms with van der Waals surface area (Å²) >= 11 is 0. The fourth-order valence-corrected chi connectivity index (χ4v) is 2.27. The van der Waals surface area contributed by atoms with Crippen molar-refractivity contribution < 1.29 is 9.53 Å². The molecule has 0 radical (unpaired) electrons. The monoisotopic (exact) mass is 269 g/mol. The van der Waals surface area contributed by atoms with Crippen molar-refractivity contribution in [3.05, 3.63) is 35.0 Å². The molecule has 3 rings (SSSR count). The topological polar surface area (TPSA) is 93.7 Å². The number of pyridine rings is 1. The van der Waals surface area contributed by atoms with E-state index in [2.05, 4.69) is 25.9 Å². The number of nitrogens with zero attached hydrogens (tertiary/aromatic N) is 5. The minimum absolute atomic E-state index is 0.0568. The summed E-state index contributed by atoms with van der Waals surface area (Å²) in [6.07, 6.45) is 4.24. The van der Waals surface area contributed by atoms with E-state index in [-0.39, 0.29) is 5.82 Å². The molecule has 0 saturated heterocycles. The third kappa shape index (κ3) is 1.91. The van der Waals surface area contributed by atoms with Gasteiger partial charge in [0.1, 0.15) is 12.4 Å². The van der Waals surface area contributed by atoms with E-state index in [1.165, 1.54) is 18.1 Å². The first-order valence-corrected chi connectivity index (χ1v) is 6.16. The van der Waals surface area contributed by atoms with E-state index >= 15 is 0 Å². The number of carbonyl (C=O) groups is 1. The maximum absolute atomic E-state index is 11.4. The highest BCUT2D eigenvalue weighted by molar-refractivity contribution is 5.84. The van der Waals surface area contributed by atoms with Crippen LogP contribution in [0.1, 0.15) is 33.9 Å². The summed E-state index contributed by atoms with van der Waals surface area (Å²) < 4.78 is 5.89. The van der Waals surface area contributed by atoms with E-state index in [1.54, 1.807) is 0 Å². The minimum Gasteiger partial charge on any atom is -0.463 e. The number of esters is 1. The second-order valence-electron chi connectivity index (χ2n) is 4.44. The zero-order chi connectivity index (χ0) is 14.1. The van der Waals surface area contributed by atoms with E-state index in [1.807, 2.05) is 6.07 Å². The Morgan fingerprint density at radius 1 is 1.50 bits per heavy atom. The smallest absolute Gasteiger partial charge is 0.377 e. The molecule has 0 saturated carbocycles. The Morgan fingerprint density at radius 2 is 2.35 bits per heavy atom. The molecule has 0 aromatic carbocycles. The first-order chi connectivity index (χ1) is 9.72. The molecule has 0 aliphatic heterocycles. The number of nitriles is 1. The number of rotatable bonds is 2. The van der Waals surface area contributed by atoms with E-state index in [9.17, 15) is 10.1 Å². The number of hydrogen-bond donors (Lipinski definition) is 0. The van der Waals surface area contributed by atoms with Crippen molar-refractivity contribution in [2.75, 3.05) is 7.11 Å². The van der Waals surface area contributed by atoms with Gasteiger partial charge in [0.2, 0.25) is 0 Å². The van der Waals surface area contributed by atoms with E-state index in [0.717, 1.165) is 30.5 Å². The highest BCUT2D eigenvalue weighted by atomic mass is 16.5. The van der Waals surface area contributed by atoms with Gasteiger partial charge in [-0.25, -0.2) is 19.4 Å². The second kappa shape index (κ2) is 4.74. The number of fused-ring (bicyclic) bond motifs is 1. The predicted molar refractivity (Wildman–Crippen MR) is 67.2 cm³/mol. The summed E-state index contributed by atoms with van der Waals surface area (Å²) in [6, 6.07) is 3.95. The molecule has 100 valence electrons. The molecule has 2 aromatic heterocycles. The SMILES string of the molecule is COC(=O)c1ncn(-c2nc3c(cc2C#N)CCC3)n1. The van der Waals surface area contributed by atoms with Crippen molar-refractivity contribution in [3.63, 3.8) is 0 Å². The Morgan fingerprint density at radius 3 is 3.10 bits per heavy atom. The average molecular weight is 269 g/mol. The van der Waals surface area contributed by atoms with Crippen LogP contribution in [0.5, 0.6) is 0 Å². The standard InChI is InChI=1S/C13H11N5O2/c1-20-13(19)11-15-7-18(17-11)12-9(6-14)5-8-3-2-4-10(8)16-12/h5,7H,2-4H2,1H3. The molecule has 0 atom stereocenters. The average Bonchev–Trinajstić information content (AvgIpc) is 3.13. The van der Waals surface area contributed by atoms with Gasteiger partial charge in [0.15, 0.2) is 5.82 Å². The predicted octanol–water partition coefficient (Wildman–Crippen LogP) is 0.809. The lowest BCUT2D eigenvalue weighted by Crippen LogP contribution is -2.08. The largest absolute Gasteiger partial charge is 0.463 e. The number of aryl methyl sites for hydroxylation is 2. The molecule has 0 bridgehead atoms. The van der Waals surface area contributed by atoms with Crippen LogP contribution in [-0.2, 0) is 17.6 Å². The Kier molecular flexibility index (Phi) is 2.91. The van der Waals surface area contributed by atoms with Gasteiger partial charge in [-0.2, -0.15) is 5.26 Å². The molecule has 20 heavy (non-hydrogen) atoms. The third-order valence-corrected chi connectivity index (χ3v) is 3.23. The van der Waals surface area contributed by atoms with E-state index in [0.29, 0.717) is 11.4 Å². The van der Waals surface area contributed by atoms with Crippen LogP contribution >= 0.6 is 0 Å². The van der Waals surface area contributed by atoms with Gasteiger partial charge in [-0.1, -0.05) is 0 Å². The molecular weight excluding hydrogens is 258 g/mol. The van der Waals surface area contributed by atoms with Crippen molar-refractivity contribution in [1.29, 1.82) is 5.26 Å². The quantitative estimate of drug-likeness (QED) is 0.749. The summed E-state index contributed by atoms with van der Waals surface area (Å²) in [6.45, 7) is 0. The molecule has 1 aliphatic rings. The molecule has 0 fully saturated rings. The van der Waals surface area contributed by atoms with Crippen molar-refractivity contribution in [2.45, 2.75) is 19.3 Å². The Bertz CT molecular complexity index is 729. The van der Waals surface area contributed by atoms with Crippen molar-refractivity contribution in [2.24, 2.45) is 0 Å². The van der Waals surface area contributed by atoms with Crippen molar-refractivity contribution >= 4 is 5.97 Å². The summed E-state index contributed by atoms with van der Waals surface area (Å²) in [7, 11) is 1.26. The van der Waals surface area contributed by atoms with Gasteiger partial charge in [0.25, 0.3) is 5.82 Å². The highest BCUT2D eigenvalue weighted by Gasteiger charge is 2.19. The van der Waals surface area contributed by atoms with Gasteiger partial charge in [-0.3, -0.25) is 0 Å². The maximum atomic E-state index is 11.4. The van der Waals surface area contributed by atoms with Crippen LogP contribution in [0.25, 0.3) is 5.82 Å². The lowest BCUT2D eigenvalue weighted by Gasteiger charge is -2.05. The van der Waals surface area contributed by atoms with Gasteiger partial charge in [-0.05, 0) is 30.9 Å². The number of ether oxygens (including phenoxy) is 1. The fourth-order valence-electron chi connectivity index (χ4n) is 2.27. The first-order valence-electron chi connectivity index (χ1n) is 6.16. The Balaban J connectivity index is 2.08. The van der Waals surface area contributed by atoms with Crippen molar-refractivity contribution in [1.82, 2.24) is 19.7 Å². The summed E-state index contributed by atoms with van der Waals surface area (Å²) in [5.41, 5.74) is 2.51. The zero-order valence-electron chi connectivity index (χ0n) is 10.8. The van der Waals surface area contributed by atoms with Crippen molar-refractivity contribution in [3.8, 4) is 11.9 Å².